The zero-order valence-electron chi connectivity index (χ0n) is 11.7. The second-order valence-corrected chi connectivity index (χ2v) is 3.94. The molecule has 0 heterocycles. The summed E-state index contributed by atoms with van der Waals surface area (Å²) >= 11 is 0. The van der Waals surface area contributed by atoms with E-state index in [-0.39, 0.29) is 12.5 Å². The summed E-state index contributed by atoms with van der Waals surface area (Å²) in [6, 6.07) is 7.49. The summed E-state index contributed by atoms with van der Waals surface area (Å²) in [7, 11) is 3.00. The van der Waals surface area contributed by atoms with Gasteiger partial charge in [0.15, 0.2) is 11.5 Å². The van der Waals surface area contributed by atoms with E-state index < -0.39 is 0 Å². The first-order valence-electron chi connectivity index (χ1n) is 6.26. The summed E-state index contributed by atoms with van der Waals surface area (Å²) in [5.41, 5.74) is 0. The third-order valence-electron chi connectivity index (χ3n) is 2.76. The Kier molecular flexibility index (Phi) is 6.74. The molecule has 1 rings (SSSR count). The van der Waals surface area contributed by atoms with Gasteiger partial charge < -0.3 is 14.2 Å². The van der Waals surface area contributed by atoms with E-state index in [4.69, 9.17) is 9.47 Å². The maximum absolute atomic E-state index is 11.2. The molecule has 0 aromatic heterocycles. The van der Waals surface area contributed by atoms with Crippen molar-refractivity contribution in [2.75, 3.05) is 40.5 Å². The summed E-state index contributed by atoms with van der Waals surface area (Å²) < 4.78 is 15.5. The number of esters is 1. The van der Waals surface area contributed by atoms with Crippen LogP contribution in [0.1, 0.15) is 6.92 Å². The van der Waals surface area contributed by atoms with Gasteiger partial charge in [-0.1, -0.05) is 19.1 Å². The average Bonchev–Trinajstić information content (AvgIpc) is 2.46. The van der Waals surface area contributed by atoms with Gasteiger partial charge in [-0.15, -0.1) is 0 Å². The van der Waals surface area contributed by atoms with Crippen molar-refractivity contribution in [2.24, 2.45) is 0 Å². The number of para-hydroxylation sites is 2. The Morgan fingerprint density at radius 1 is 1.21 bits per heavy atom. The predicted molar refractivity (Wildman–Crippen MR) is 72.6 cm³/mol. The summed E-state index contributed by atoms with van der Waals surface area (Å²) in [5, 5.41) is 0. The highest BCUT2D eigenvalue weighted by Crippen LogP contribution is 2.25. The minimum atomic E-state index is -0.237. The van der Waals surface area contributed by atoms with Crippen molar-refractivity contribution >= 4 is 5.97 Å². The summed E-state index contributed by atoms with van der Waals surface area (Å²) in [5.74, 6) is 1.18. The van der Waals surface area contributed by atoms with E-state index in [9.17, 15) is 4.79 Å². The van der Waals surface area contributed by atoms with E-state index >= 15 is 0 Å². The van der Waals surface area contributed by atoms with E-state index in [1.54, 1.807) is 7.11 Å². The van der Waals surface area contributed by atoms with Crippen LogP contribution in [0.5, 0.6) is 11.5 Å². The van der Waals surface area contributed by atoms with Crippen LogP contribution in [-0.4, -0.2) is 51.3 Å². The summed E-state index contributed by atoms with van der Waals surface area (Å²) in [6.45, 7) is 4.19. The van der Waals surface area contributed by atoms with Crippen LogP contribution in [0.25, 0.3) is 0 Å². The number of hydrogen-bond donors (Lipinski definition) is 0. The molecule has 0 aliphatic carbocycles. The lowest BCUT2D eigenvalue weighted by molar-refractivity contribution is -0.141. The lowest BCUT2D eigenvalue weighted by Crippen LogP contribution is -2.33. The number of nitrogens with zero attached hydrogens (tertiary/aromatic N) is 1. The van der Waals surface area contributed by atoms with Crippen molar-refractivity contribution in [3.05, 3.63) is 24.3 Å². The molecule has 0 unspecified atom stereocenters. The molecule has 0 saturated carbocycles. The number of benzene rings is 1. The van der Waals surface area contributed by atoms with Crippen molar-refractivity contribution in [1.29, 1.82) is 0 Å². The molecule has 5 heteroatoms. The first-order chi connectivity index (χ1) is 9.21. The van der Waals surface area contributed by atoms with Crippen LogP contribution in [0.4, 0.5) is 0 Å². The molecule has 0 aliphatic rings. The van der Waals surface area contributed by atoms with Gasteiger partial charge in [0.05, 0.1) is 20.8 Å². The first-order valence-corrected chi connectivity index (χ1v) is 6.26. The zero-order valence-corrected chi connectivity index (χ0v) is 11.7. The number of rotatable bonds is 8. The third kappa shape index (κ3) is 5.18. The number of carbonyl (C=O) groups is 1. The quantitative estimate of drug-likeness (QED) is 0.669. The molecule has 0 amide bonds. The molecular weight excluding hydrogens is 246 g/mol. The Labute approximate surface area is 114 Å². The van der Waals surface area contributed by atoms with Gasteiger partial charge in [0, 0.05) is 6.54 Å². The predicted octanol–water partition coefficient (Wildman–Crippen LogP) is 1.57. The average molecular weight is 267 g/mol. The molecule has 0 spiro atoms. The van der Waals surface area contributed by atoms with E-state index in [1.807, 2.05) is 36.1 Å². The van der Waals surface area contributed by atoms with Gasteiger partial charge in [-0.25, -0.2) is 0 Å². The molecule has 0 atom stereocenters. The molecule has 1 aromatic rings. The van der Waals surface area contributed by atoms with E-state index in [0.29, 0.717) is 24.7 Å². The monoisotopic (exact) mass is 267 g/mol. The van der Waals surface area contributed by atoms with Gasteiger partial charge in [0.1, 0.15) is 6.61 Å². The fraction of sp³-hybridized carbons (Fsp3) is 0.500. The maximum Gasteiger partial charge on any atom is 0.319 e. The third-order valence-corrected chi connectivity index (χ3v) is 2.76. The van der Waals surface area contributed by atoms with Gasteiger partial charge in [0.2, 0.25) is 0 Å². The largest absolute Gasteiger partial charge is 0.493 e. The van der Waals surface area contributed by atoms with Crippen molar-refractivity contribution in [3.63, 3.8) is 0 Å². The van der Waals surface area contributed by atoms with Gasteiger partial charge in [-0.2, -0.15) is 0 Å². The fourth-order valence-electron chi connectivity index (χ4n) is 1.62. The lowest BCUT2D eigenvalue weighted by atomic mass is 10.3. The Morgan fingerprint density at radius 2 is 1.89 bits per heavy atom. The Morgan fingerprint density at radius 3 is 2.47 bits per heavy atom. The molecule has 0 bridgehead atoms. The molecule has 0 N–H and O–H groups in total. The van der Waals surface area contributed by atoms with Crippen LogP contribution < -0.4 is 9.47 Å². The van der Waals surface area contributed by atoms with Crippen molar-refractivity contribution < 1.29 is 19.0 Å². The molecular formula is C14H21NO4. The smallest absolute Gasteiger partial charge is 0.319 e. The topological polar surface area (TPSA) is 48.0 Å². The fourth-order valence-corrected chi connectivity index (χ4v) is 1.62. The second kappa shape index (κ2) is 8.37. The van der Waals surface area contributed by atoms with E-state index in [1.165, 1.54) is 7.11 Å². The van der Waals surface area contributed by atoms with Gasteiger partial charge >= 0.3 is 5.97 Å². The van der Waals surface area contributed by atoms with Gasteiger partial charge in [-0.3, -0.25) is 9.69 Å². The van der Waals surface area contributed by atoms with Crippen LogP contribution in [0.2, 0.25) is 0 Å². The van der Waals surface area contributed by atoms with Crippen molar-refractivity contribution in [1.82, 2.24) is 4.90 Å². The van der Waals surface area contributed by atoms with Crippen LogP contribution >= 0.6 is 0 Å². The number of likely N-dealkylation sites (N-methyl/N-ethyl adjacent to an activating group) is 1. The zero-order chi connectivity index (χ0) is 14.1. The molecule has 0 fully saturated rings. The normalized spacial score (nSPS) is 10.3. The molecule has 0 aliphatic heterocycles. The maximum atomic E-state index is 11.2. The minimum absolute atomic E-state index is 0.237. The highest BCUT2D eigenvalue weighted by atomic mass is 16.5. The SMILES string of the molecule is CCN(CCOc1ccccc1OC)CC(=O)OC. The highest BCUT2D eigenvalue weighted by molar-refractivity contribution is 5.71. The lowest BCUT2D eigenvalue weighted by Gasteiger charge is -2.19. The van der Waals surface area contributed by atoms with E-state index in [0.717, 1.165) is 6.54 Å². The number of methoxy groups -OCH3 is 2. The Hall–Kier alpha value is -1.75. The minimum Gasteiger partial charge on any atom is -0.493 e. The molecule has 1 aromatic carbocycles. The number of hydrogen-bond acceptors (Lipinski definition) is 5. The van der Waals surface area contributed by atoms with Crippen LogP contribution in [0, 0.1) is 0 Å². The molecule has 5 nitrogen and oxygen atoms in total. The Balaban J connectivity index is 2.41. The second-order valence-electron chi connectivity index (χ2n) is 3.94. The number of ether oxygens (including phenoxy) is 3. The van der Waals surface area contributed by atoms with Crippen molar-refractivity contribution in [2.45, 2.75) is 6.92 Å². The van der Waals surface area contributed by atoms with Gasteiger partial charge in [-0.05, 0) is 18.7 Å². The van der Waals surface area contributed by atoms with Crippen LogP contribution in [-0.2, 0) is 9.53 Å². The van der Waals surface area contributed by atoms with Gasteiger partial charge in [0.25, 0.3) is 0 Å². The van der Waals surface area contributed by atoms with Crippen molar-refractivity contribution in [3.8, 4) is 11.5 Å². The molecule has 106 valence electrons. The summed E-state index contributed by atoms with van der Waals surface area (Å²) in [4.78, 5) is 13.1. The molecule has 0 radical (unpaired) electrons. The Bertz CT molecular complexity index is 395. The summed E-state index contributed by atoms with van der Waals surface area (Å²) in [6.07, 6.45) is 0. The molecule has 0 saturated heterocycles. The highest BCUT2D eigenvalue weighted by Gasteiger charge is 2.09. The molecule has 19 heavy (non-hydrogen) atoms. The van der Waals surface area contributed by atoms with Crippen LogP contribution in [0.15, 0.2) is 24.3 Å². The first kappa shape index (κ1) is 15.3. The number of carbonyl (C=O) groups excluding carboxylic acids is 1. The van der Waals surface area contributed by atoms with Crippen LogP contribution in [0.3, 0.4) is 0 Å². The van der Waals surface area contributed by atoms with E-state index in [2.05, 4.69) is 4.74 Å². The standard InChI is InChI=1S/C14H21NO4/c1-4-15(11-14(16)18-3)9-10-19-13-8-6-5-7-12(13)17-2/h5-8H,4,9-11H2,1-3H3.